The molecule has 2 unspecified atom stereocenters. The largest absolute Gasteiger partial charge is 0.494 e. The normalized spacial score (nSPS) is 12.4. The average molecular weight is 1110 g/mol. The number of hydrogen-bond acceptors (Lipinski definition) is 17. The van der Waals surface area contributed by atoms with Crippen LogP contribution in [0.25, 0.3) is 6.08 Å². The zero-order valence-electron chi connectivity index (χ0n) is 43.6. The Labute approximate surface area is 449 Å². The number of hydrogen-bond donors (Lipinski definition) is 5. The van der Waals surface area contributed by atoms with Crippen LogP contribution in [0.3, 0.4) is 0 Å². The molecule has 4 rings (SSSR count). The third kappa shape index (κ3) is 29.4. The maximum atomic E-state index is 13.1. The number of aliphatic hydroxyl groups excluding tert-OH is 4. The molecule has 0 fully saturated rings. The predicted octanol–water partition coefficient (Wildman–Crippen LogP) is 11.3. The highest BCUT2D eigenvalue weighted by Gasteiger charge is 2.22. The van der Waals surface area contributed by atoms with Gasteiger partial charge >= 0.3 is 7.60 Å². The highest BCUT2D eigenvalue weighted by atomic mass is 32.2. The van der Waals surface area contributed by atoms with Crippen LogP contribution in [0.5, 0.6) is 23.0 Å². The summed E-state index contributed by atoms with van der Waals surface area (Å²) >= 11 is 5.72. The van der Waals surface area contributed by atoms with Crippen molar-refractivity contribution in [2.75, 3.05) is 103 Å². The molecule has 4 aromatic rings. The summed E-state index contributed by atoms with van der Waals surface area (Å²) in [4.78, 5) is 25.3. The van der Waals surface area contributed by atoms with Gasteiger partial charge in [-0.05, 0) is 135 Å². The van der Waals surface area contributed by atoms with Gasteiger partial charge in [-0.1, -0.05) is 30.3 Å². The van der Waals surface area contributed by atoms with Crippen molar-refractivity contribution in [1.29, 1.82) is 0 Å². The molecule has 4 aromatic carbocycles. The third-order valence-electron chi connectivity index (χ3n) is 10.2. The minimum atomic E-state index is -2.78. The molecular weight excluding hydrogens is 1030 g/mol. The lowest BCUT2D eigenvalue weighted by molar-refractivity contribution is 0.0980. The van der Waals surface area contributed by atoms with Crippen molar-refractivity contribution in [2.24, 2.45) is 0 Å². The van der Waals surface area contributed by atoms with Crippen LogP contribution in [0, 0.1) is 0 Å². The van der Waals surface area contributed by atoms with Crippen LogP contribution in [-0.2, 0) is 22.7 Å². The number of aliphatic hydroxyl groups is 4. The van der Waals surface area contributed by atoms with Gasteiger partial charge in [-0.15, -0.1) is 0 Å². The van der Waals surface area contributed by atoms with Crippen LogP contribution in [0.4, 0.5) is 0 Å². The van der Waals surface area contributed by atoms with E-state index in [1.807, 2.05) is 69.3 Å². The first-order valence-electron chi connectivity index (χ1n) is 25.2. The molecule has 0 bridgehead atoms. The van der Waals surface area contributed by atoms with Gasteiger partial charge in [0.25, 0.3) is 0 Å². The molecule has 2 atom stereocenters. The molecule has 15 nitrogen and oxygen atoms in total. The molecule has 74 heavy (non-hydrogen) atoms. The number of carbonyl (C=O) groups excluding carboxylic acids is 2. The summed E-state index contributed by atoms with van der Waals surface area (Å²) in [5.41, 5.74) is 3.13. The van der Waals surface area contributed by atoms with E-state index in [1.165, 1.54) is 6.08 Å². The Morgan fingerprint density at radius 2 is 0.986 bits per heavy atom. The van der Waals surface area contributed by atoms with Crippen LogP contribution in [-0.4, -0.2) is 135 Å². The van der Waals surface area contributed by atoms with E-state index in [0.29, 0.717) is 119 Å². The number of thioether (sulfide) groups is 1. The first kappa shape index (κ1) is 66.2. The maximum Gasteiger partial charge on any atom is 0.330 e. The van der Waals surface area contributed by atoms with Gasteiger partial charge in [0.1, 0.15) is 23.0 Å². The Hall–Kier alpha value is -3.96. The molecule has 0 aliphatic rings. The number of thiol groups is 1. The monoisotopic (exact) mass is 1110 g/mol. The number of ketones is 2. The molecule has 0 spiro atoms. The molecular formula is C55H80O15P2S2. The molecule has 0 amide bonds. The Balaban J connectivity index is 0.000000428. The van der Waals surface area contributed by atoms with Crippen molar-refractivity contribution in [3.05, 3.63) is 125 Å². The molecule has 0 aliphatic heterocycles. The fourth-order valence-electron chi connectivity index (χ4n) is 6.49. The summed E-state index contributed by atoms with van der Waals surface area (Å²) in [6.07, 6.45) is 8.42. The first-order chi connectivity index (χ1) is 35.8. The SMILES string of the molecule is CCOP(=O)(CCCS)OCC.CCOP(C)(=O)CCCSC(CC(=O)c1ccc(OCCCO)cc1)c1ccc(OCCCO)cc1.O=C(/C=C/c1ccc(OCCCO)cc1)c1ccc(OCCCO)cc1. The van der Waals surface area contributed by atoms with Crippen molar-refractivity contribution < 1.29 is 71.7 Å². The first-order valence-corrected chi connectivity index (χ1v) is 30.9. The number of allylic oxidation sites excluding steroid dienone is 1. The summed E-state index contributed by atoms with van der Waals surface area (Å²) < 4.78 is 61.7. The van der Waals surface area contributed by atoms with Crippen molar-refractivity contribution in [3.8, 4) is 23.0 Å². The fraction of sp³-hybridized carbons (Fsp3) is 0.491. The Kier molecular flexibility index (Phi) is 36.0. The third-order valence-corrected chi connectivity index (χ3v) is 16.0. The van der Waals surface area contributed by atoms with E-state index >= 15 is 0 Å². The molecule has 412 valence electrons. The standard InChI is InChI=1S/C27H39O7PS.C21H24O5.C7H17O3PS/c1-3-34-35(2,31)19-6-20-36-27(23-9-13-25(14-10-23)33-18-5-16-29)21-26(30)22-7-11-24(12-8-22)32-17-4-15-28;22-13-1-15-25-19-8-3-17(4-9-19)5-12-21(24)18-6-10-20(11-7-18)26-16-2-14-23;1-3-9-11(8,10-4-2)6-5-7-12/h7-14,27-29H,3-6,15-21H2,1-2H3;3-12,22-23H,1-2,13-16H2;12H,3-7H2,1-2H3/b;12-5+;. The lowest BCUT2D eigenvalue weighted by atomic mass is 10.0. The summed E-state index contributed by atoms with van der Waals surface area (Å²) in [6.45, 7) is 10.6. The second kappa shape index (κ2) is 40.3. The molecule has 0 radical (unpaired) electrons. The van der Waals surface area contributed by atoms with Gasteiger partial charge < -0.3 is 52.9 Å². The Morgan fingerprint density at radius 3 is 1.41 bits per heavy atom. The van der Waals surface area contributed by atoms with Gasteiger partial charge in [0.05, 0.1) is 52.4 Å². The van der Waals surface area contributed by atoms with E-state index in [4.69, 9.17) is 52.9 Å². The zero-order valence-corrected chi connectivity index (χ0v) is 47.1. The van der Waals surface area contributed by atoms with Gasteiger partial charge in [-0.2, -0.15) is 24.4 Å². The highest BCUT2D eigenvalue weighted by molar-refractivity contribution is 7.99. The van der Waals surface area contributed by atoms with E-state index in [2.05, 4.69) is 12.6 Å². The smallest absolute Gasteiger partial charge is 0.330 e. The van der Waals surface area contributed by atoms with E-state index in [9.17, 15) is 18.7 Å². The van der Waals surface area contributed by atoms with Crippen LogP contribution in [0.2, 0.25) is 0 Å². The number of Topliss-reactive ketones (excluding diaryl/α,β-unsaturated/α-hetero) is 1. The Morgan fingerprint density at radius 1 is 0.568 bits per heavy atom. The topological polar surface area (TPSA) is 214 Å². The van der Waals surface area contributed by atoms with Crippen molar-refractivity contribution in [3.63, 3.8) is 0 Å². The summed E-state index contributed by atoms with van der Waals surface area (Å²) in [5, 5.41) is 35.2. The van der Waals surface area contributed by atoms with Crippen LogP contribution < -0.4 is 18.9 Å². The highest BCUT2D eigenvalue weighted by Crippen LogP contribution is 2.48. The summed E-state index contributed by atoms with van der Waals surface area (Å²) in [5.74, 6) is 4.22. The van der Waals surface area contributed by atoms with Gasteiger partial charge in [0.15, 0.2) is 18.9 Å². The zero-order chi connectivity index (χ0) is 54.3. The number of rotatable bonds is 37. The summed E-state index contributed by atoms with van der Waals surface area (Å²) in [6, 6.07) is 29.2. The molecule has 4 N–H and O–H groups in total. The van der Waals surface area contributed by atoms with Crippen LogP contribution in [0.1, 0.15) is 103 Å². The summed E-state index contributed by atoms with van der Waals surface area (Å²) in [7, 11) is -5.36. The van der Waals surface area contributed by atoms with Crippen LogP contribution in [0.15, 0.2) is 103 Å². The Bertz CT molecular complexity index is 2200. The second-order valence-electron chi connectivity index (χ2n) is 16.3. The van der Waals surface area contributed by atoms with Crippen molar-refractivity contribution in [1.82, 2.24) is 0 Å². The lowest BCUT2D eigenvalue weighted by Crippen LogP contribution is -2.07. The van der Waals surface area contributed by atoms with E-state index in [0.717, 1.165) is 41.2 Å². The minimum Gasteiger partial charge on any atom is -0.494 e. The van der Waals surface area contributed by atoms with Gasteiger partial charge in [-0.25, -0.2) is 0 Å². The molecule has 0 aliphatic carbocycles. The lowest BCUT2D eigenvalue weighted by Gasteiger charge is -2.18. The molecule has 0 saturated carbocycles. The van der Waals surface area contributed by atoms with E-state index in [1.54, 1.807) is 73.0 Å². The van der Waals surface area contributed by atoms with Crippen LogP contribution >= 0.6 is 39.4 Å². The van der Waals surface area contributed by atoms with Crippen molar-refractivity contribution >= 4 is 57.0 Å². The number of ether oxygens (including phenoxy) is 4. The maximum absolute atomic E-state index is 13.1. The number of benzene rings is 4. The predicted molar refractivity (Wildman–Crippen MR) is 301 cm³/mol. The molecule has 0 aromatic heterocycles. The van der Waals surface area contributed by atoms with Gasteiger partial charge in [0.2, 0.25) is 0 Å². The fourth-order valence-corrected chi connectivity index (χ4v) is 11.4. The quantitative estimate of drug-likeness (QED) is 0.00934. The van der Waals surface area contributed by atoms with E-state index < -0.39 is 15.0 Å². The molecule has 0 saturated heterocycles. The molecule has 0 heterocycles. The molecule has 19 heteroatoms. The second-order valence-corrected chi connectivity index (χ2v) is 23.0. The average Bonchev–Trinajstić information content (AvgIpc) is 3.40. The van der Waals surface area contributed by atoms with Gasteiger partial charge in [-0.3, -0.25) is 18.7 Å². The van der Waals surface area contributed by atoms with Crippen molar-refractivity contribution in [2.45, 2.75) is 71.0 Å². The van der Waals surface area contributed by atoms with Gasteiger partial charge in [0, 0.05) is 87.7 Å². The minimum absolute atomic E-state index is 0.0353. The van der Waals surface area contributed by atoms with E-state index in [-0.39, 0.29) is 43.2 Å². The number of carbonyl (C=O) groups is 2.